The Morgan fingerprint density at radius 2 is 1.86 bits per heavy atom. The van der Waals surface area contributed by atoms with Gasteiger partial charge >= 0.3 is 0 Å². The van der Waals surface area contributed by atoms with Gasteiger partial charge in [0, 0.05) is 0 Å². The van der Waals surface area contributed by atoms with Gasteiger partial charge in [0.2, 0.25) is 5.91 Å². The van der Waals surface area contributed by atoms with E-state index >= 15 is 0 Å². The van der Waals surface area contributed by atoms with Gasteiger partial charge in [-0.2, -0.15) is 0 Å². The minimum atomic E-state index is -0.492. The molecule has 2 amide bonds. The third-order valence-electron chi connectivity index (χ3n) is 4.71. The molecule has 1 saturated heterocycles. The van der Waals surface area contributed by atoms with Crippen molar-refractivity contribution in [3.8, 4) is 0 Å². The van der Waals surface area contributed by atoms with Crippen molar-refractivity contribution in [3.05, 3.63) is 40.9 Å². The van der Waals surface area contributed by atoms with Crippen molar-refractivity contribution >= 4 is 22.7 Å². The summed E-state index contributed by atoms with van der Waals surface area (Å²) in [4.78, 5) is 41.9. The molecule has 9 heteroatoms. The molecule has 1 aliphatic rings. The summed E-state index contributed by atoms with van der Waals surface area (Å²) in [6.45, 7) is 6.23. The molecule has 0 aliphatic carbocycles. The molecule has 1 fully saturated rings. The Labute approximate surface area is 162 Å². The number of carbonyl (C=O) groups is 2. The Morgan fingerprint density at radius 1 is 1.18 bits per heavy atom. The molecule has 150 valence electrons. The SMILES string of the molecule is C[C@@H]1C[NH+](CCC(=O)NNC(=O)Cn2cnc3ccccc3c2=O)C[C@@H](C)O1. The molecule has 3 N–H and O–H groups in total. The maximum absolute atomic E-state index is 12.4. The Hall–Kier alpha value is -2.78. The van der Waals surface area contributed by atoms with Crippen molar-refractivity contribution in [1.82, 2.24) is 20.4 Å². The number of hydrogen-bond acceptors (Lipinski definition) is 5. The van der Waals surface area contributed by atoms with E-state index in [9.17, 15) is 14.4 Å². The van der Waals surface area contributed by atoms with E-state index in [2.05, 4.69) is 15.8 Å². The number of carbonyl (C=O) groups excluding carboxylic acids is 2. The first-order valence-electron chi connectivity index (χ1n) is 9.43. The molecule has 9 nitrogen and oxygen atoms in total. The molecule has 0 unspecified atom stereocenters. The lowest BCUT2D eigenvalue weighted by atomic mass is 10.2. The second-order valence-corrected chi connectivity index (χ2v) is 7.21. The summed E-state index contributed by atoms with van der Waals surface area (Å²) in [7, 11) is 0. The number of hydrazine groups is 1. The van der Waals surface area contributed by atoms with Crippen LogP contribution in [-0.4, -0.2) is 53.2 Å². The highest BCUT2D eigenvalue weighted by atomic mass is 16.5. The first kappa shape index (κ1) is 20.0. The molecule has 0 spiro atoms. The first-order valence-corrected chi connectivity index (χ1v) is 9.43. The van der Waals surface area contributed by atoms with Crippen LogP contribution in [0.2, 0.25) is 0 Å². The number of benzene rings is 1. The minimum Gasteiger partial charge on any atom is -0.364 e. The zero-order valence-corrected chi connectivity index (χ0v) is 16.1. The number of quaternary nitrogens is 1. The summed E-state index contributed by atoms with van der Waals surface area (Å²) < 4.78 is 6.90. The van der Waals surface area contributed by atoms with Gasteiger partial charge in [0.1, 0.15) is 31.8 Å². The van der Waals surface area contributed by atoms with E-state index in [0.29, 0.717) is 23.9 Å². The van der Waals surface area contributed by atoms with Crippen molar-refractivity contribution in [2.75, 3.05) is 19.6 Å². The van der Waals surface area contributed by atoms with Gasteiger partial charge in [-0.1, -0.05) is 12.1 Å². The number of nitrogens with zero attached hydrogens (tertiary/aromatic N) is 2. The molecule has 1 aromatic carbocycles. The van der Waals surface area contributed by atoms with Crippen LogP contribution in [0, 0.1) is 0 Å². The van der Waals surface area contributed by atoms with Gasteiger partial charge in [-0.3, -0.25) is 29.8 Å². The average molecular weight is 388 g/mol. The fraction of sp³-hybridized carbons (Fsp3) is 0.474. The summed E-state index contributed by atoms with van der Waals surface area (Å²) in [6, 6.07) is 6.94. The van der Waals surface area contributed by atoms with Crippen molar-refractivity contribution in [2.45, 2.75) is 39.0 Å². The number of aromatic nitrogens is 2. The van der Waals surface area contributed by atoms with E-state index in [-0.39, 0.29) is 30.2 Å². The molecule has 28 heavy (non-hydrogen) atoms. The van der Waals surface area contributed by atoms with Crippen LogP contribution in [0.1, 0.15) is 20.3 Å². The lowest BCUT2D eigenvalue weighted by Gasteiger charge is -2.32. The summed E-state index contributed by atoms with van der Waals surface area (Å²) >= 11 is 0. The molecule has 0 bridgehead atoms. The fourth-order valence-electron chi connectivity index (χ4n) is 3.50. The van der Waals surface area contributed by atoms with E-state index in [0.717, 1.165) is 13.1 Å². The maximum atomic E-state index is 12.4. The van der Waals surface area contributed by atoms with Gasteiger partial charge < -0.3 is 9.64 Å². The Balaban J connectivity index is 1.46. The van der Waals surface area contributed by atoms with Gasteiger partial charge in [-0.05, 0) is 26.0 Å². The Morgan fingerprint density at radius 3 is 2.61 bits per heavy atom. The number of nitrogens with one attached hydrogen (secondary N) is 3. The average Bonchev–Trinajstić information content (AvgIpc) is 2.66. The van der Waals surface area contributed by atoms with E-state index in [1.807, 2.05) is 13.8 Å². The number of fused-ring (bicyclic) bond motifs is 1. The van der Waals surface area contributed by atoms with Crippen LogP contribution in [0.25, 0.3) is 10.9 Å². The van der Waals surface area contributed by atoms with Crippen LogP contribution in [0.15, 0.2) is 35.4 Å². The zero-order valence-electron chi connectivity index (χ0n) is 16.1. The molecule has 0 radical (unpaired) electrons. The predicted molar refractivity (Wildman–Crippen MR) is 102 cm³/mol. The lowest BCUT2D eigenvalue weighted by Crippen LogP contribution is -3.15. The van der Waals surface area contributed by atoms with Crippen molar-refractivity contribution in [1.29, 1.82) is 0 Å². The van der Waals surface area contributed by atoms with E-state index in [1.54, 1.807) is 24.3 Å². The molecule has 1 aromatic heterocycles. The topological polar surface area (TPSA) is 107 Å². The molecule has 1 aliphatic heterocycles. The van der Waals surface area contributed by atoms with Gasteiger partial charge in [-0.25, -0.2) is 4.98 Å². The normalized spacial score (nSPS) is 22.0. The highest BCUT2D eigenvalue weighted by Crippen LogP contribution is 2.04. The molecule has 2 atom stereocenters. The van der Waals surface area contributed by atoms with Crippen LogP contribution in [-0.2, 0) is 20.9 Å². The van der Waals surface area contributed by atoms with Crippen LogP contribution >= 0.6 is 0 Å². The standard InChI is InChI=1S/C19H25N5O4/c1-13-9-23(10-14(2)28-13)8-7-17(25)21-22-18(26)11-24-12-20-16-6-4-3-5-15(16)19(24)27/h3-6,12-14H,7-11H2,1-2H3,(H,21,25)(H,22,26)/p+1/t13-,14-/m1/s1. The van der Waals surface area contributed by atoms with Crippen LogP contribution in [0.3, 0.4) is 0 Å². The maximum Gasteiger partial charge on any atom is 0.261 e. The summed E-state index contributed by atoms with van der Waals surface area (Å²) in [5.74, 6) is -0.759. The molecular weight excluding hydrogens is 362 g/mol. The Kier molecular flexibility index (Phi) is 6.37. The summed E-state index contributed by atoms with van der Waals surface area (Å²) in [6.07, 6.45) is 1.98. The van der Waals surface area contributed by atoms with Gasteiger partial charge in [0.15, 0.2) is 0 Å². The summed E-state index contributed by atoms with van der Waals surface area (Å²) in [5.41, 5.74) is 5.03. The van der Waals surface area contributed by atoms with Crippen molar-refractivity contribution < 1.29 is 19.2 Å². The quantitative estimate of drug-likeness (QED) is 0.548. The monoisotopic (exact) mass is 388 g/mol. The van der Waals surface area contributed by atoms with E-state index < -0.39 is 5.91 Å². The lowest BCUT2D eigenvalue weighted by molar-refractivity contribution is -0.914. The highest BCUT2D eigenvalue weighted by molar-refractivity contribution is 5.82. The molecule has 2 heterocycles. The van der Waals surface area contributed by atoms with Gasteiger partial charge in [-0.15, -0.1) is 0 Å². The summed E-state index contributed by atoms with van der Waals surface area (Å²) in [5, 5.41) is 0.443. The van der Waals surface area contributed by atoms with Crippen LogP contribution in [0.4, 0.5) is 0 Å². The number of hydrogen-bond donors (Lipinski definition) is 3. The third kappa shape index (κ3) is 5.14. The first-order chi connectivity index (χ1) is 13.4. The van der Waals surface area contributed by atoms with E-state index in [4.69, 9.17) is 4.74 Å². The fourth-order valence-corrected chi connectivity index (χ4v) is 3.50. The zero-order chi connectivity index (χ0) is 20.1. The van der Waals surface area contributed by atoms with Crippen molar-refractivity contribution in [2.24, 2.45) is 0 Å². The number of para-hydroxylation sites is 1. The molecule has 0 saturated carbocycles. The smallest absolute Gasteiger partial charge is 0.261 e. The number of rotatable bonds is 5. The second kappa shape index (κ2) is 8.94. The number of amides is 2. The third-order valence-corrected chi connectivity index (χ3v) is 4.71. The largest absolute Gasteiger partial charge is 0.364 e. The molecule has 2 aromatic rings. The van der Waals surface area contributed by atoms with Crippen LogP contribution < -0.4 is 21.3 Å². The number of morpholine rings is 1. The highest BCUT2D eigenvalue weighted by Gasteiger charge is 2.25. The Bertz CT molecular complexity index is 903. The molecular formula is C19H26N5O4+. The van der Waals surface area contributed by atoms with Gasteiger partial charge in [0.05, 0.1) is 30.2 Å². The van der Waals surface area contributed by atoms with Gasteiger partial charge in [0.25, 0.3) is 11.5 Å². The van der Waals surface area contributed by atoms with E-state index in [1.165, 1.54) is 15.8 Å². The second-order valence-electron chi connectivity index (χ2n) is 7.21. The van der Waals surface area contributed by atoms with Crippen molar-refractivity contribution in [3.63, 3.8) is 0 Å². The van der Waals surface area contributed by atoms with Crippen LogP contribution in [0.5, 0.6) is 0 Å². The minimum absolute atomic E-state index is 0.176. The predicted octanol–water partition coefficient (Wildman–Crippen LogP) is -1.37. The molecule has 3 rings (SSSR count). The number of ether oxygens (including phenoxy) is 1.